The van der Waals surface area contributed by atoms with E-state index in [1.165, 1.54) is 38.6 Å². The van der Waals surface area contributed by atoms with Crippen LogP contribution in [0.25, 0.3) is 0 Å². The number of hydrogen-bond donors (Lipinski definition) is 0. The summed E-state index contributed by atoms with van der Waals surface area (Å²) in [5.41, 5.74) is 1.17. The van der Waals surface area contributed by atoms with E-state index in [2.05, 4.69) is 32.7 Å². The highest BCUT2D eigenvalue weighted by Gasteiger charge is 2.47. The molecule has 0 N–H and O–H groups in total. The SMILES string of the molecule is CN1CC2(CCCC2)CC1C(C)(C)C. The quantitative estimate of drug-likeness (QED) is 0.573. The number of hydrogen-bond acceptors (Lipinski definition) is 1. The minimum atomic E-state index is 0.459. The maximum Gasteiger partial charge on any atom is 0.0147 e. The summed E-state index contributed by atoms with van der Waals surface area (Å²) in [5.74, 6) is 0. The predicted octanol–water partition coefficient (Wildman–Crippen LogP) is 3.30. The van der Waals surface area contributed by atoms with Crippen LogP contribution in [0.3, 0.4) is 0 Å². The standard InChI is InChI=1S/C13H25N/c1-12(2,3)11-9-13(10-14(11)4)7-5-6-8-13/h11H,5-10H2,1-4H3. The van der Waals surface area contributed by atoms with Gasteiger partial charge in [0.05, 0.1) is 0 Å². The second-order valence-corrected chi connectivity index (χ2v) is 6.71. The monoisotopic (exact) mass is 195 g/mol. The third kappa shape index (κ3) is 1.71. The molecule has 2 fully saturated rings. The lowest BCUT2D eigenvalue weighted by atomic mass is 9.77. The van der Waals surface area contributed by atoms with Crippen LogP contribution in [0.15, 0.2) is 0 Å². The maximum atomic E-state index is 2.62. The van der Waals surface area contributed by atoms with E-state index in [-0.39, 0.29) is 0 Å². The van der Waals surface area contributed by atoms with E-state index < -0.39 is 0 Å². The van der Waals surface area contributed by atoms with Crippen molar-refractivity contribution in [2.75, 3.05) is 13.6 Å². The summed E-state index contributed by atoms with van der Waals surface area (Å²) >= 11 is 0. The van der Waals surface area contributed by atoms with E-state index in [0.29, 0.717) is 10.8 Å². The molecule has 2 rings (SSSR count). The zero-order valence-corrected chi connectivity index (χ0v) is 10.3. The molecule has 0 amide bonds. The molecule has 2 aliphatic rings. The Bertz CT molecular complexity index is 208. The van der Waals surface area contributed by atoms with Crippen LogP contribution in [0, 0.1) is 10.8 Å². The molecular weight excluding hydrogens is 170 g/mol. The average molecular weight is 195 g/mol. The van der Waals surface area contributed by atoms with Crippen molar-refractivity contribution in [3.63, 3.8) is 0 Å². The first-order chi connectivity index (χ1) is 6.43. The maximum absolute atomic E-state index is 2.62. The number of rotatable bonds is 0. The molecule has 1 unspecified atom stereocenters. The van der Waals surface area contributed by atoms with Crippen molar-refractivity contribution in [1.82, 2.24) is 4.90 Å². The van der Waals surface area contributed by atoms with Gasteiger partial charge in [-0.3, -0.25) is 0 Å². The van der Waals surface area contributed by atoms with E-state index in [1.807, 2.05) is 0 Å². The molecule has 1 heterocycles. The zero-order chi connectivity index (χ0) is 10.4. The highest BCUT2D eigenvalue weighted by molar-refractivity contribution is 5.00. The molecule has 1 saturated heterocycles. The van der Waals surface area contributed by atoms with Crippen LogP contribution >= 0.6 is 0 Å². The van der Waals surface area contributed by atoms with Crippen LogP contribution in [0.4, 0.5) is 0 Å². The minimum absolute atomic E-state index is 0.459. The van der Waals surface area contributed by atoms with Crippen molar-refractivity contribution in [3.05, 3.63) is 0 Å². The Morgan fingerprint density at radius 2 is 1.71 bits per heavy atom. The summed E-state index contributed by atoms with van der Waals surface area (Å²) < 4.78 is 0. The number of likely N-dealkylation sites (tertiary alicyclic amines) is 1. The van der Waals surface area contributed by atoms with Gasteiger partial charge in [-0.2, -0.15) is 0 Å². The van der Waals surface area contributed by atoms with Crippen LogP contribution in [0.1, 0.15) is 52.9 Å². The molecule has 1 atom stereocenters. The molecule has 1 saturated carbocycles. The van der Waals surface area contributed by atoms with Crippen LogP contribution < -0.4 is 0 Å². The fraction of sp³-hybridized carbons (Fsp3) is 1.00. The lowest BCUT2D eigenvalue weighted by Gasteiger charge is -2.32. The third-order valence-electron chi connectivity index (χ3n) is 4.41. The number of nitrogens with zero attached hydrogens (tertiary/aromatic N) is 1. The van der Waals surface area contributed by atoms with E-state index >= 15 is 0 Å². The highest BCUT2D eigenvalue weighted by Crippen LogP contribution is 2.50. The van der Waals surface area contributed by atoms with Crippen molar-refractivity contribution in [3.8, 4) is 0 Å². The molecule has 14 heavy (non-hydrogen) atoms. The molecule has 1 spiro atoms. The van der Waals surface area contributed by atoms with Crippen LogP contribution in [-0.4, -0.2) is 24.5 Å². The first-order valence-corrected chi connectivity index (χ1v) is 6.13. The van der Waals surface area contributed by atoms with E-state index in [1.54, 1.807) is 0 Å². The van der Waals surface area contributed by atoms with Crippen LogP contribution in [0.5, 0.6) is 0 Å². The molecule has 1 aliphatic heterocycles. The molecule has 1 nitrogen and oxygen atoms in total. The largest absolute Gasteiger partial charge is 0.302 e. The fourth-order valence-electron chi connectivity index (χ4n) is 3.72. The lowest BCUT2D eigenvalue weighted by Crippen LogP contribution is -2.36. The molecule has 0 radical (unpaired) electrons. The topological polar surface area (TPSA) is 3.24 Å². The molecular formula is C13H25N. The molecule has 0 aromatic heterocycles. The van der Waals surface area contributed by atoms with Gasteiger partial charge in [0.15, 0.2) is 0 Å². The molecule has 1 heteroatoms. The van der Waals surface area contributed by atoms with Crippen molar-refractivity contribution in [1.29, 1.82) is 0 Å². The lowest BCUT2D eigenvalue weighted by molar-refractivity contribution is 0.169. The Kier molecular flexibility index (Phi) is 2.42. The van der Waals surface area contributed by atoms with Gasteiger partial charge in [0.2, 0.25) is 0 Å². The molecule has 0 aromatic rings. The van der Waals surface area contributed by atoms with Crippen molar-refractivity contribution in [2.45, 2.75) is 58.9 Å². The molecule has 0 bridgehead atoms. The van der Waals surface area contributed by atoms with Gasteiger partial charge in [0.25, 0.3) is 0 Å². The Morgan fingerprint density at radius 1 is 1.14 bits per heavy atom. The molecule has 82 valence electrons. The van der Waals surface area contributed by atoms with Gasteiger partial charge in [-0.25, -0.2) is 0 Å². The second kappa shape index (κ2) is 3.23. The molecule has 1 aliphatic carbocycles. The van der Waals surface area contributed by atoms with Gasteiger partial charge in [0.1, 0.15) is 0 Å². The molecule has 0 aromatic carbocycles. The summed E-state index contributed by atoms with van der Waals surface area (Å²) in [4.78, 5) is 2.62. The van der Waals surface area contributed by atoms with E-state index in [0.717, 1.165) is 6.04 Å². The second-order valence-electron chi connectivity index (χ2n) is 6.71. The summed E-state index contributed by atoms with van der Waals surface area (Å²) in [6, 6.07) is 0.806. The Hall–Kier alpha value is -0.0400. The third-order valence-corrected chi connectivity index (χ3v) is 4.41. The highest BCUT2D eigenvalue weighted by atomic mass is 15.2. The van der Waals surface area contributed by atoms with Gasteiger partial charge >= 0.3 is 0 Å². The van der Waals surface area contributed by atoms with Crippen molar-refractivity contribution < 1.29 is 0 Å². The van der Waals surface area contributed by atoms with Gasteiger partial charge in [-0.15, -0.1) is 0 Å². The van der Waals surface area contributed by atoms with Gasteiger partial charge < -0.3 is 4.90 Å². The first-order valence-electron chi connectivity index (χ1n) is 6.13. The minimum Gasteiger partial charge on any atom is -0.302 e. The average Bonchev–Trinajstić information content (AvgIpc) is 2.59. The Balaban J connectivity index is 2.10. The summed E-state index contributed by atoms with van der Waals surface area (Å²) in [7, 11) is 2.32. The zero-order valence-electron chi connectivity index (χ0n) is 10.3. The smallest absolute Gasteiger partial charge is 0.0147 e. The fourth-order valence-corrected chi connectivity index (χ4v) is 3.72. The van der Waals surface area contributed by atoms with E-state index in [9.17, 15) is 0 Å². The van der Waals surface area contributed by atoms with Gasteiger partial charge in [-0.05, 0) is 37.1 Å². The summed E-state index contributed by atoms with van der Waals surface area (Å²) in [6.07, 6.45) is 7.39. The Labute approximate surface area is 88.9 Å². The Morgan fingerprint density at radius 3 is 2.14 bits per heavy atom. The predicted molar refractivity (Wildman–Crippen MR) is 61.4 cm³/mol. The summed E-state index contributed by atoms with van der Waals surface area (Å²) in [5, 5.41) is 0. The van der Waals surface area contributed by atoms with E-state index in [4.69, 9.17) is 0 Å². The first kappa shape index (κ1) is 10.5. The van der Waals surface area contributed by atoms with Crippen molar-refractivity contribution in [2.24, 2.45) is 10.8 Å². The van der Waals surface area contributed by atoms with Crippen molar-refractivity contribution >= 4 is 0 Å². The van der Waals surface area contributed by atoms with Gasteiger partial charge in [-0.1, -0.05) is 33.6 Å². The van der Waals surface area contributed by atoms with Gasteiger partial charge in [0, 0.05) is 12.6 Å². The van der Waals surface area contributed by atoms with Crippen LogP contribution in [-0.2, 0) is 0 Å². The summed E-state index contributed by atoms with van der Waals surface area (Å²) in [6.45, 7) is 8.53. The van der Waals surface area contributed by atoms with Crippen LogP contribution in [0.2, 0.25) is 0 Å². The normalized spacial score (nSPS) is 33.0.